The van der Waals surface area contributed by atoms with Crippen molar-refractivity contribution in [2.75, 3.05) is 4.90 Å². The maximum Gasteiger partial charge on any atom is 0.167 e. The van der Waals surface area contributed by atoms with Crippen LogP contribution in [0.4, 0.5) is 14.6 Å². The van der Waals surface area contributed by atoms with Crippen LogP contribution >= 0.6 is 0 Å². The second-order valence-corrected chi connectivity index (χ2v) is 9.65. The Kier molecular flexibility index (Phi) is 5.16. The van der Waals surface area contributed by atoms with E-state index in [2.05, 4.69) is 10.1 Å². The van der Waals surface area contributed by atoms with Gasteiger partial charge in [-0.1, -0.05) is 11.2 Å². The van der Waals surface area contributed by atoms with Gasteiger partial charge in [-0.25, -0.2) is 13.8 Å². The van der Waals surface area contributed by atoms with Crippen LogP contribution in [0.5, 0.6) is 5.75 Å². The topological polar surface area (TPSA) is 112 Å². The van der Waals surface area contributed by atoms with E-state index in [0.717, 1.165) is 25.7 Å². The van der Waals surface area contributed by atoms with Crippen LogP contribution in [-0.2, 0) is 0 Å². The standard InChI is InChI=1S/C27H23F2N5O2/c1-13-19-9-22(29)20(10-24(19)36-33-13)26-23(35)11-25(34-17-4-5-18(34)8-16(31)7-17)32-27(26)14-2-3-15(12-30)21(28)6-14/h2-3,6,9-11,16-18H,4-5,7-8,31H2,1H3,(H,32,35). The van der Waals surface area contributed by atoms with Gasteiger partial charge in [-0.3, -0.25) is 0 Å². The number of nitriles is 1. The number of fused-ring (bicyclic) bond motifs is 3. The number of hydrogen-bond acceptors (Lipinski definition) is 7. The average Bonchev–Trinajstić information content (AvgIpc) is 3.34. The summed E-state index contributed by atoms with van der Waals surface area (Å²) in [7, 11) is 0. The number of pyridine rings is 1. The molecule has 2 bridgehead atoms. The molecule has 36 heavy (non-hydrogen) atoms. The molecule has 2 atom stereocenters. The molecule has 0 amide bonds. The van der Waals surface area contributed by atoms with Gasteiger partial charge in [-0.05, 0) is 56.9 Å². The molecule has 0 saturated carbocycles. The minimum Gasteiger partial charge on any atom is -0.507 e. The van der Waals surface area contributed by atoms with Gasteiger partial charge in [0.25, 0.3) is 0 Å². The zero-order valence-corrected chi connectivity index (χ0v) is 19.5. The largest absolute Gasteiger partial charge is 0.507 e. The lowest BCUT2D eigenvalue weighted by Gasteiger charge is -2.39. The summed E-state index contributed by atoms with van der Waals surface area (Å²) in [5.74, 6) is -0.979. The Morgan fingerprint density at radius 1 is 1.11 bits per heavy atom. The lowest BCUT2D eigenvalue weighted by Crippen LogP contribution is -2.47. The van der Waals surface area contributed by atoms with Gasteiger partial charge < -0.3 is 20.3 Å². The van der Waals surface area contributed by atoms with Crippen LogP contribution in [0.1, 0.15) is 36.9 Å². The fourth-order valence-electron chi connectivity index (χ4n) is 5.74. The monoisotopic (exact) mass is 487 g/mol. The lowest BCUT2D eigenvalue weighted by molar-refractivity contribution is 0.411. The van der Waals surface area contributed by atoms with E-state index in [9.17, 15) is 9.50 Å². The molecule has 2 aliphatic rings. The van der Waals surface area contributed by atoms with E-state index in [1.54, 1.807) is 19.1 Å². The number of halogens is 2. The normalized spacial score (nSPS) is 21.2. The highest BCUT2D eigenvalue weighted by Crippen LogP contribution is 2.45. The molecule has 3 N–H and O–H groups in total. The fraction of sp³-hybridized carbons (Fsp3) is 0.296. The van der Waals surface area contributed by atoms with Gasteiger partial charge in [0, 0.05) is 40.7 Å². The number of piperidine rings is 1. The maximum atomic E-state index is 15.4. The van der Waals surface area contributed by atoms with Crippen molar-refractivity contribution >= 4 is 16.8 Å². The quantitative estimate of drug-likeness (QED) is 0.409. The SMILES string of the molecule is Cc1noc2cc(-c3c(O)cc(N4C5CCC4CC(N)C5)nc3-c3ccc(C#N)c(F)c3)c(F)cc12. The zero-order valence-electron chi connectivity index (χ0n) is 19.5. The van der Waals surface area contributed by atoms with E-state index < -0.39 is 11.6 Å². The Morgan fingerprint density at radius 3 is 2.56 bits per heavy atom. The van der Waals surface area contributed by atoms with Crippen molar-refractivity contribution in [3.8, 4) is 34.2 Å². The molecular formula is C27H23F2N5O2. The van der Waals surface area contributed by atoms with E-state index in [4.69, 9.17) is 20.5 Å². The zero-order chi connectivity index (χ0) is 25.1. The molecule has 2 fully saturated rings. The highest BCUT2D eigenvalue weighted by atomic mass is 19.1. The van der Waals surface area contributed by atoms with Crippen molar-refractivity contribution in [3.63, 3.8) is 0 Å². The molecule has 4 aromatic rings. The van der Waals surface area contributed by atoms with Crippen molar-refractivity contribution in [2.45, 2.75) is 50.7 Å². The Bertz CT molecular complexity index is 1550. The number of benzene rings is 2. The van der Waals surface area contributed by atoms with Gasteiger partial charge in [-0.15, -0.1) is 0 Å². The smallest absolute Gasteiger partial charge is 0.167 e. The molecule has 2 aromatic heterocycles. The fourth-order valence-corrected chi connectivity index (χ4v) is 5.74. The molecule has 7 nitrogen and oxygen atoms in total. The van der Waals surface area contributed by atoms with Crippen LogP contribution in [0.15, 0.2) is 40.9 Å². The van der Waals surface area contributed by atoms with Crippen molar-refractivity contribution in [1.29, 1.82) is 5.26 Å². The van der Waals surface area contributed by atoms with Crippen molar-refractivity contribution in [1.82, 2.24) is 10.1 Å². The molecule has 2 aliphatic heterocycles. The van der Waals surface area contributed by atoms with E-state index in [1.807, 2.05) is 0 Å². The van der Waals surface area contributed by atoms with Crippen LogP contribution in [-0.4, -0.2) is 33.4 Å². The van der Waals surface area contributed by atoms with Crippen LogP contribution in [0.3, 0.4) is 0 Å². The van der Waals surface area contributed by atoms with Crippen molar-refractivity contribution in [3.05, 3.63) is 59.3 Å². The van der Waals surface area contributed by atoms with Gasteiger partial charge >= 0.3 is 0 Å². The molecular weight excluding hydrogens is 464 g/mol. The molecule has 2 aromatic carbocycles. The second-order valence-electron chi connectivity index (χ2n) is 9.65. The summed E-state index contributed by atoms with van der Waals surface area (Å²) in [5.41, 5.74) is 7.70. The molecule has 2 unspecified atom stereocenters. The molecule has 9 heteroatoms. The minimum absolute atomic E-state index is 0.0543. The number of nitrogens with two attached hydrogens (primary N) is 1. The van der Waals surface area contributed by atoms with Gasteiger partial charge in [-0.2, -0.15) is 5.26 Å². The van der Waals surface area contributed by atoms with Gasteiger partial charge in [0.05, 0.1) is 22.5 Å². The summed E-state index contributed by atoms with van der Waals surface area (Å²) < 4.78 is 35.4. The van der Waals surface area contributed by atoms with Gasteiger partial charge in [0.1, 0.15) is 29.3 Å². The van der Waals surface area contributed by atoms with Crippen LogP contribution < -0.4 is 10.6 Å². The Labute approximate surface area is 205 Å². The van der Waals surface area contributed by atoms with Gasteiger partial charge in [0.2, 0.25) is 0 Å². The molecule has 182 valence electrons. The third-order valence-electron chi connectivity index (χ3n) is 7.39. The highest BCUT2D eigenvalue weighted by Gasteiger charge is 2.41. The second kappa shape index (κ2) is 8.28. The molecule has 2 saturated heterocycles. The molecule has 6 rings (SSSR count). The summed E-state index contributed by atoms with van der Waals surface area (Å²) in [6.45, 7) is 1.71. The van der Waals surface area contributed by atoms with E-state index in [0.29, 0.717) is 28.0 Å². The lowest BCUT2D eigenvalue weighted by atomic mass is 9.95. The first-order chi connectivity index (χ1) is 17.3. The number of hydrogen-bond donors (Lipinski definition) is 2. The van der Waals surface area contributed by atoms with Crippen LogP contribution in [0.25, 0.3) is 33.4 Å². The molecule has 0 aliphatic carbocycles. The highest BCUT2D eigenvalue weighted by molar-refractivity contribution is 5.92. The summed E-state index contributed by atoms with van der Waals surface area (Å²) in [6.07, 6.45) is 3.58. The number of rotatable bonds is 3. The summed E-state index contributed by atoms with van der Waals surface area (Å²) in [5, 5.41) is 24.9. The predicted octanol–water partition coefficient (Wildman–Crippen LogP) is 5.18. The minimum atomic E-state index is -0.724. The van der Waals surface area contributed by atoms with E-state index in [-0.39, 0.29) is 46.3 Å². The number of anilines is 1. The predicted molar refractivity (Wildman–Crippen MR) is 130 cm³/mol. The first-order valence-electron chi connectivity index (χ1n) is 11.9. The van der Waals surface area contributed by atoms with E-state index in [1.165, 1.54) is 30.3 Å². The van der Waals surface area contributed by atoms with Crippen LogP contribution in [0, 0.1) is 29.9 Å². The third kappa shape index (κ3) is 3.48. The van der Waals surface area contributed by atoms with Crippen LogP contribution in [0.2, 0.25) is 0 Å². The maximum absolute atomic E-state index is 15.4. The Balaban J connectivity index is 1.58. The summed E-state index contributed by atoms with van der Waals surface area (Å²) in [6, 6.07) is 10.7. The third-order valence-corrected chi connectivity index (χ3v) is 7.39. The van der Waals surface area contributed by atoms with Crippen molar-refractivity contribution < 1.29 is 18.4 Å². The number of aryl methyl sites for hydroxylation is 1. The average molecular weight is 488 g/mol. The first-order valence-corrected chi connectivity index (χ1v) is 11.9. The number of aromatic hydroxyl groups is 1. The molecule has 0 radical (unpaired) electrons. The molecule has 4 heterocycles. The number of aromatic nitrogens is 2. The number of nitrogens with zero attached hydrogens (tertiary/aromatic N) is 4. The Hall–Kier alpha value is -4.03. The van der Waals surface area contributed by atoms with Gasteiger partial charge in [0.15, 0.2) is 5.58 Å². The summed E-state index contributed by atoms with van der Waals surface area (Å²) >= 11 is 0. The summed E-state index contributed by atoms with van der Waals surface area (Å²) in [4.78, 5) is 7.03. The van der Waals surface area contributed by atoms with E-state index >= 15 is 4.39 Å². The molecule has 0 spiro atoms. The first kappa shape index (κ1) is 22.4. The Morgan fingerprint density at radius 2 is 1.86 bits per heavy atom. The van der Waals surface area contributed by atoms with Crippen molar-refractivity contribution in [2.24, 2.45) is 5.73 Å².